The standard InChI is InChI=1S/C13H20N2O2/c1-4-9-15-13(2,12(14)16)10-5-7-11(17-3)8-6-10/h5-8,15H,4,9H2,1-3H3,(H2,14,16). The fourth-order valence-electron chi connectivity index (χ4n) is 1.63. The van der Waals surface area contributed by atoms with Gasteiger partial charge in [-0.3, -0.25) is 10.1 Å². The molecule has 0 saturated carbocycles. The van der Waals surface area contributed by atoms with Crippen LogP contribution in [-0.4, -0.2) is 19.6 Å². The van der Waals surface area contributed by atoms with Crippen molar-refractivity contribution in [3.63, 3.8) is 0 Å². The second-order valence-corrected chi connectivity index (χ2v) is 4.14. The normalized spacial score (nSPS) is 14.1. The highest BCUT2D eigenvalue weighted by molar-refractivity contribution is 5.85. The number of hydrogen-bond acceptors (Lipinski definition) is 3. The van der Waals surface area contributed by atoms with Crippen LogP contribution in [0.15, 0.2) is 24.3 Å². The number of primary amides is 1. The van der Waals surface area contributed by atoms with Crippen molar-refractivity contribution in [1.82, 2.24) is 5.32 Å². The molecule has 1 aromatic rings. The number of carbonyl (C=O) groups excluding carboxylic acids is 1. The topological polar surface area (TPSA) is 64.3 Å². The Labute approximate surface area is 102 Å². The number of benzene rings is 1. The van der Waals surface area contributed by atoms with Crippen molar-refractivity contribution in [3.8, 4) is 5.75 Å². The molecule has 1 amide bonds. The molecule has 0 radical (unpaired) electrons. The summed E-state index contributed by atoms with van der Waals surface area (Å²) < 4.78 is 5.09. The van der Waals surface area contributed by atoms with Gasteiger partial charge in [-0.05, 0) is 37.6 Å². The summed E-state index contributed by atoms with van der Waals surface area (Å²) in [5.41, 5.74) is 5.50. The van der Waals surface area contributed by atoms with Gasteiger partial charge in [-0.15, -0.1) is 0 Å². The molecule has 17 heavy (non-hydrogen) atoms. The van der Waals surface area contributed by atoms with E-state index in [2.05, 4.69) is 5.32 Å². The molecule has 3 N–H and O–H groups in total. The third-order valence-corrected chi connectivity index (χ3v) is 2.89. The molecule has 1 unspecified atom stereocenters. The lowest BCUT2D eigenvalue weighted by Crippen LogP contribution is -2.50. The fourth-order valence-corrected chi connectivity index (χ4v) is 1.63. The maximum atomic E-state index is 11.6. The average Bonchev–Trinajstić information content (AvgIpc) is 2.35. The Morgan fingerprint density at radius 1 is 1.41 bits per heavy atom. The summed E-state index contributed by atoms with van der Waals surface area (Å²) in [6.45, 7) is 4.58. The second-order valence-electron chi connectivity index (χ2n) is 4.14. The summed E-state index contributed by atoms with van der Waals surface area (Å²) in [6.07, 6.45) is 0.943. The zero-order valence-electron chi connectivity index (χ0n) is 10.6. The van der Waals surface area contributed by atoms with E-state index < -0.39 is 5.54 Å². The van der Waals surface area contributed by atoms with Gasteiger partial charge in [-0.2, -0.15) is 0 Å². The number of nitrogens with one attached hydrogen (secondary N) is 1. The van der Waals surface area contributed by atoms with Crippen molar-refractivity contribution in [2.24, 2.45) is 5.73 Å². The molecule has 0 heterocycles. The number of amides is 1. The van der Waals surface area contributed by atoms with Gasteiger partial charge in [-0.25, -0.2) is 0 Å². The summed E-state index contributed by atoms with van der Waals surface area (Å²) in [5.74, 6) is 0.382. The number of carbonyl (C=O) groups is 1. The Morgan fingerprint density at radius 2 is 2.00 bits per heavy atom. The fraction of sp³-hybridized carbons (Fsp3) is 0.462. The van der Waals surface area contributed by atoms with Crippen LogP contribution in [0.3, 0.4) is 0 Å². The first-order chi connectivity index (χ1) is 8.04. The summed E-state index contributed by atoms with van der Waals surface area (Å²) in [5, 5.41) is 3.18. The van der Waals surface area contributed by atoms with Crippen molar-refractivity contribution in [2.75, 3.05) is 13.7 Å². The Kier molecular flexibility index (Phi) is 4.52. The van der Waals surface area contributed by atoms with Crippen LogP contribution < -0.4 is 15.8 Å². The SMILES string of the molecule is CCCNC(C)(C(N)=O)c1ccc(OC)cc1. The molecule has 0 fully saturated rings. The molecule has 0 aliphatic rings. The van der Waals surface area contributed by atoms with E-state index in [1.54, 1.807) is 14.0 Å². The van der Waals surface area contributed by atoms with E-state index >= 15 is 0 Å². The molecule has 0 aliphatic carbocycles. The van der Waals surface area contributed by atoms with Crippen molar-refractivity contribution in [1.29, 1.82) is 0 Å². The Balaban J connectivity index is 3.00. The lowest BCUT2D eigenvalue weighted by Gasteiger charge is -2.28. The minimum Gasteiger partial charge on any atom is -0.497 e. The molecule has 1 rings (SSSR count). The molecule has 4 nitrogen and oxygen atoms in total. The minimum atomic E-state index is -0.831. The third-order valence-electron chi connectivity index (χ3n) is 2.89. The predicted octanol–water partition coefficient (Wildman–Crippen LogP) is 1.40. The lowest BCUT2D eigenvalue weighted by molar-refractivity contribution is -0.124. The van der Waals surface area contributed by atoms with Gasteiger partial charge in [0.05, 0.1) is 7.11 Å². The first-order valence-electron chi connectivity index (χ1n) is 5.74. The zero-order valence-corrected chi connectivity index (χ0v) is 10.6. The summed E-state index contributed by atoms with van der Waals surface area (Å²) in [4.78, 5) is 11.6. The number of methoxy groups -OCH3 is 1. The Bertz CT molecular complexity index is 376. The molecule has 0 saturated heterocycles. The molecule has 0 spiro atoms. The van der Waals surface area contributed by atoms with E-state index in [0.29, 0.717) is 0 Å². The van der Waals surface area contributed by atoms with E-state index in [1.807, 2.05) is 31.2 Å². The Morgan fingerprint density at radius 3 is 2.41 bits per heavy atom. The van der Waals surface area contributed by atoms with Crippen LogP contribution in [0.2, 0.25) is 0 Å². The van der Waals surface area contributed by atoms with Gasteiger partial charge in [0.1, 0.15) is 11.3 Å². The molecular formula is C13H20N2O2. The number of hydrogen-bond donors (Lipinski definition) is 2. The minimum absolute atomic E-state index is 0.379. The molecular weight excluding hydrogens is 216 g/mol. The maximum Gasteiger partial charge on any atom is 0.242 e. The molecule has 94 valence electrons. The van der Waals surface area contributed by atoms with Crippen LogP contribution in [0, 0.1) is 0 Å². The highest BCUT2D eigenvalue weighted by Gasteiger charge is 2.32. The van der Waals surface area contributed by atoms with Crippen LogP contribution in [0.5, 0.6) is 5.75 Å². The van der Waals surface area contributed by atoms with Crippen molar-refractivity contribution in [2.45, 2.75) is 25.8 Å². The number of nitrogens with two attached hydrogens (primary N) is 1. The number of ether oxygens (including phenoxy) is 1. The van der Waals surface area contributed by atoms with Gasteiger partial charge in [0.2, 0.25) is 5.91 Å². The molecule has 1 aromatic carbocycles. The molecule has 1 atom stereocenters. The largest absolute Gasteiger partial charge is 0.497 e. The Hall–Kier alpha value is -1.55. The van der Waals surface area contributed by atoms with Gasteiger partial charge in [0.25, 0.3) is 0 Å². The molecule has 0 bridgehead atoms. The number of rotatable bonds is 6. The van der Waals surface area contributed by atoms with Crippen molar-refractivity contribution < 1.29 is 9.53 Å². The summed E-state index contributed by atoms with van der Waals surface area (Å²) in [7, 11) is 1.61. The first-order valence-corrected chi connectivity index (χ1v) is 5.74. The van der Waals surface area contributed by atoms with Gasteiger partial charge in [0, 0.05) is 0 Å². The highest BCUT2D eigenvalue weighted by atomic mass is 16.5. The summed E-state index contributed by atoms with van der Waals surface area (Å²) >= 11 is 0. The van der Waals surface area contributed by atoms with E-state index in [4.69, 9.17) is 10.5 Å². The zero-order chi connectivity index (χ0) is 12.9. The molecule has 0 aliphatic heterocycles. The van der Waals surface area contributed by atoms with Crippen LogP contribution in [0.4, 0.5) is 0 Å². The smallest absolute Gasteiger partial charge is 0.242 e. The monoisotopic (exact) mass is 236 g/mol. The van der Waals surface area contributed by atoms with Gasteiger partial charge < -0.3 is 10.5 Å². The van der Waals surface area contributed by atoms with E-state index in [1.165, 1.54) is 0 Å². The average molecular weight is 236 g/mol. The van der Waals surface area contributed by atoms with Gasteiger partial charge in [0.15, 0.2) is 0 Å². The van der Waals surface area contributed by atoms with Crippen molar-refractivity contribution >= 4 is 5.91 Å². The quantitative estimate of drug-likeness (QED) is 0.784. The van der Waals surface area contributed by atoms with Crippen LogP contribution >= 0.6 is 0 Å². The van der Waals surface area contributed by atoms with Gasteiger partial charge >= 0.3 is 0 Å². The first kappa shape index (κ1) is 13.5. The molecule has 0 aromatic heterocycles. The molecule has 4 heteroatoms. The van der Waals surface area contributed by atoms with E-state index in [0.717, 1.165) is 24.3 Å². The summed E-state index contributed by atoms with van der Waals surface area (Å²) in [6, 6.07) is 7.35. The maximum absolute atomic E-state index is 11.6. The van der Waals surface area contributed by atoms with Crippen LogP contribution in [0.25, 0.3) is 0 Å². The van der Waals surface area contributed by atoms with E-state index in [9.17, 15) is 4.79 Å². The second kappa shape index (κ2) is 5.68. The van der Waals surface area contributed by atoms with Crippen molar-refractivity contribution in [3.05, 3.63) is 29.8 Å². The predicted molar refractivity (Wildman–Crippen MR) is 67.8 cm³/mol. The third kappa shape index (κ3) is 2.97. The highest BCUT2D eigenvalue weighted by Crippen LogP contribution is 2.23. The van der Waals surface area contributed by atoms with Crippen LogP contribution in [-0.2, 0) is 10.3 Å². The lowest BCUT2D eigenvalue weighted by atomic mass is 9.91. The van der Waals surface area contributed by atoms with Crippen LogP contribution in [0.1, 0.15) is 25.8 Å². The van der Waals surface area contributed by atoms with Gasteiger partial charge in [-0.1, -0.05) is 19.1 Å². The van der Waals surface area contributed by atoms with E-state index in [-0.39, 0.29) is 5.91 Å².